The predicted octanol–water partition coefficient (Wildman–Crippen LogP) is 3.03. The Morgan fingerprint density at radius 1 is 1.38 bits per heavy atom. The molecule has 1 aliphatic rings. The predicted molar refractivity (Wildman–Crippen MR) is 69.1 cm³/mol. The number of halogens is 3. The molecule has 8 heteroatoms. The second-order valence-corrected chi connectivity index (χ2v) is 4.94. The van der Waals surface area contributed by atoms with Gasteiger partial charge in [0, 0.05) is 25.1 Å². The van der Waals surface area contributed by atoms with Crippen molar-refractivity contribution in [2.75, 3.05) is 18.0 Å². The molecule has 1 aromatic rings. The molecular weight excluding hydrogens is 289 g/mol. The average molecular weight is 302 g/mol. The second kappa shape index (κ2) is 5.71. The van der Waals surface area contributed by atoms with Crippen LogP contribution in [0.25, 0.3) is 0 Å². The second-order valence-electron chi connectivity index (χ2n) is 4.94. The van der Waals surface area contributed by atoms with Crippen LogP contribution in [0.15, 0.2) is 18.2 Å². The van der Waals surface area contributed by atoms with Gasteiger partial charge in [0.1, 0.15) is 12.0 Å². The highest BCUT2D eigenvalue weighted by Crippen LogP contribution is 2.37. The van der Waals surface area contributed by atoms with Crippen LogP contribution in [0.1, 0.15) is 18.4 Å². The standard InChI is InChI=1S/C13H13F3N2O3/c14-13(15,16)10-3-4-11(12(6-10)18(20)21)17-5-1-2-9(7-17)8-19/h3-4,6,8-9H,1-2,5,7H2. The van der Waals surface area contributed by atoms with Gasteiger partial charge >= 0.3 is 6.18 Å². The first-order valence-corrected chi connectivity index (χ1v) is 6.39. The van der Waals surface area contributed by atoms with E-state index in [0.717, 1.165) is 18.4 Å². The topological polar surface area (TPSA) is 63.5 Å². The number of alkyl halides is 3. The quantitative estimate of drug-likeness (QED) is 0.489. The van der Waals surface area contributed by atoms with Gasteiger partial charge in [-0.25, -0.2) is 0 Å². The third-order valence-corrected chi connectivity index (χ3v) is 3.49. The van der Waals surface area contributed by atoms with Crippen LogP contribution in [0.2, 0.25) is 0 Å². The molecule has 2 rings (SSSR count). The molecule has 1 aliphatic heterocycles. The van der Waals surface area contributed by atoms with Gasteiger partial charge < -0.3 is 9.69 Å². The van der Waals surface area contributed by atoms with E-state index in [2.05, 4.69) is 0 Å². The smallest absolute Gasteiger partial charge is 0.365 e. The highest BCUT2D eigenvalue weighted by atomic mass is 19.4. The van der Waals surface area contributed by atoms with Gasteiger partial charge in [-0.05, 0) is 25.0 Å². The van der Waals surface area contributed by atoms with Gasteiger partial charge in [0.05, 0.1) is 10.5 Å². The summed E-state index contributed by atoms with van der Waals surface area (Å²) in [5, 5.41) is 11.0. The number of benzene rings is 1. The number of piperidine rings is 1. The van der Waals surface area contributed by atoms with Crippen LogP contribution >= 0.6 is 0 Å². The zero-order valence-corrected chi connectivity index (χ0v) is 11.0. The third kappa shape index (κ3) is 3.32. The SMILES string of the molecule is O=CC1CCCN(c2ccc(C(F)(F)F)cc2[N+](=O)[O-])C1. The fraction of sp³-hybridized carbons (Fsp3) is 0.462. The Hall–Kier alpha value is -2.12. The van der Waals surface area contributed by atoms with Crippen molar-refractivity contribution >= 4 is 17.7 Å². The first-order chi connectivity index (χ1) is 9.82. The molecule has 1 fully saturated rings. The van der Waals surface area contributed by atoms with E-state index in [1.54, 1.807) is 4.90 Å². The van der Waals surface area contributed by atoms with Gasteiger partial charge in [0.25, 0.3) is 5.69 Å². The fourth-order valence-electron chi connectivity index (χ4n) is 2.45. The van der Waals surface area contributed by atoms with Crippen molar-refractivity contribution in [2.45, 2.75) is 19.0 Å². The summed E-state index contributed by atoms with van der Waals surface area (Å²) in [5.74, 6) is -0.249. The summed E-state index contributed by atoms with van der Waals surface area (Å²) in [5.41, 5.74) is -1.52. The van der Waals surface area contributed by atoms with Gasteiger partial charge in [-0.3, -0.25) is 10.1 Å². The Morgan fingerprint density at radius 2 is 2.10 bits per heavy atom. The number of carbonyl (C=O) groups is 1. The van der Waals surface area contributed by atoms with E-state index in [-0.39, 0.29) is 18.2 Å². The monoisotopic (exact) mass is 302 g/mol. The lowest BCUT2D eigenvalue weighted by Gasteiger charge is -2.31. The van der Waals surface area contributed by atoms with E-state index < -0.39 is 22.4 Å². The van der Waals surface area contributed by atoms with E-state index in [4.69, 9.17) is 0 Å². The lowest BCUT2D eigenvalue weighted by molar-refractivity contribution is -0.384. The van der Waals surface area contributed by atoms with Crippen molar-refractivity contribution in [3.63, 3.8) is 0 Å². The Labute approximate surface area is 118 Å². The zero-order chi connectivity index (χ0) is 15.6. The zero-order valence-electron chi connectivity index (χ0n) is 11.0. The van der Waals surface area contributed by atoms with E-state index in [9.17, 15) is 28.1 Å². The summed E-state index contributed by atoms with van der Waals surface area (Å²) in [4.78, 5) is 22.6. The molecule has 21 heavy (non-hydrogen) atoms. The van der Waals surface area contributed by atoms with Crippen molar-refractivity contribution < 1.29 is 22.9 Å². The normalized spacial score (nSPS) is 19.4. The first-order valence-electron chi connectivity index (χ1n) is 6.39. The lowest BCUT2D eigenvalue weighted by Crippen LogP contribution is -2.36. The number of nitrogens with zero attached hydrogens (tertiary/aromatic N) is 2. The number of anilines is 1. The highest BCUT2D eigenvalue weighted by molar-refractivity contribution is 5.66. The molecule has 1 heterocycles. The summed E-state index contributed by atoms with van der Waals surface area (Å²) in [6.45, 7) is 0.770. The average Bonchev–Trinajstić information content (AvgIpc) is 2.45. The van der Waals surface area contributed by atoms with E-state index in [0.29, 0.717) is 25.5 Å². The van der Waals surface area contributed by atoms with Crippen molar-refractivity contribution in [1.29, 1.82) is 0 Å². The van der Waals surface area contributed by atoms with Crippen LogP contribution in [0.5, 0.6) is 0 Å². The fourth-order valence-corrected chi connectivity index (χ4v) is 2.45. The number of hydrogen-bond donors (Lipinski definition) is 0. The molecule has 0 aromatic heterocycles. The Kier molecular flexibility index (Phi) is 4.15. The van der Waals surface area contributed by atoms with Gasteiger partial charge in [-0.15, -0.1) is 0 Å². The van der Waals surface area contributed by atoms with Crippen LogP contribution in [0, 0.1) is 16.0 Å². The number of nitro benzene ring substituents is 1. The molecule has 0 amide bonds. The highest BCUT2D eigenvalue weighted by Gasteiger charge is 2.34. The maximum absolute atomic E-state index is 12.6. The van der Waals surface area contributed by atoms with E-state index in [1.807, 2.05) is 0 Å². The van der Waals surface area contributed by atoms with Gasteiger partial charge in [-0.2, -0.15) is 13.2 Å². The van der Waals surface area contributed by atoms with Crippen LogP contribution < -0.4 is 4.90 Å². The number of hydrogen-bond acceptors (Lipinski definition) is 4. The molecule has 0 N–H and O–H groups in total. The van der Waals surface area contributed by atoms with Gasteiger partial charge in [-0.1, -0.05) is 0 Å². The molecule has 0 spiro atoms. The van der Waals surface area contributed by atoms with Crippen molar-refractivity contribution in [3.05, 3.63) is 33.9 Å². The van der Waals surface area contributed by atoms with Crippen LogP contribution in [-0.2, 0) is 11.0 Å². The van der Waals surface area contributed by atoms with Crippen LogP contribution in [0.4, 0.5) is 24.5 Å². The van der Waals surface area contributed by atoms with Crippen molar-refractivity contribution in [2.24, 2.45) is 5.92 Å². The van der Waals surface area contributed by atoms with Crippen molar-refractivity contribution in [1.82, 2.24) is 0 Å². The minimum Gasteiger partial charge on any atom is -0.365 e. The summed E-state index contributed by atoms with van der Waals surface area (Å²) in [6, 6.07) is 2.47. The summed E-state index contributed by atoms with van der Waals surface area (Å²) >= 11 is 0. The molecule has 0 aliphatic carbocycles. The van der Waals surface area contributed by atoms with Crippen molar-refractivity contribution in [3.8, 4) is 0 Å². The number of nitro groups is 1. The summed E-state index contributed by atoms with van der Waals surface area (Å²) < 4.78 is 37.9. The van der Waals surface area contributed by atoms with Crippen LogP contribution in [0.3, 0.4) is 0 Å². The number of carbonyl (C=O) groups excluding carboxylic acids is 1. The third-order valence-electron chi connectivity index (χ3n) is 3.49. The number of aldehydes is 1. The molecule has 1 aromatic carbocycles. The molecule has 5 nitrogen and oxygen atoms in total. The molecule has 0 saturated carbocycles. The Balaban J connectivity index is 2.39. The summed E-state index contributed by atoms with van der Waals surface area (Å²) in [6.07, 6.45) is -2.49. The molecule has 1 atom stereocenters. The Morgan fingerprint density at radius 3 is 2.67 bits per heavy atom. The Bertz CT molecular complexity index is 560. The molecule has 1 unspecified atom stereocenters. The molecule has 1 saturated heterocycles. The van der Waals surface area contributed by atoms with Crippen LogP contribution in [-0.4, -0.2) is 24.3 Å². The van der Waals surface area contributed by atoms with E-state index >= 15 is 0 Å². The maximum Gasteiger partial charge on any atom is 0.416 e. The lowest BCUT2D eigenvalue weighted by atomic mass is 9.98. The minimum atomic E-state index is -4.63. The van der Waals surface area contributed by atoms with Gasteiger partial charge in [0.2, 0.25) is 0 Å². The van der Waals surface area contributed by atoms with E-state index in [1.165, 1.54) is 0 Å². The molecule has 0 bridgehead atoms. The minimum absolute atomic E-state index is 0.125. The maximum atomic E-state index is 12.6. The van der Waals surface area contributed by atoms with Gasteiger partial charge in [0.15, 0.2) is 0 Å². The number of rotatable bonds is 3. The largest absolute Gasteiger partial charge is 0.416 e. The molecule has 114 valence electrons. The molecule has 0 radical (unpaired) electrons. The first kappa shape index (κ1) is 15.3. The molecular formula is C13H13F3N2O3. The summed E-state index contributed by atoms with van der Waals surface area (Å²) in [7, 11) is 0.